The summed E-state index contributed by atoms with van der Waals surface area (Å²) in [5, 5.41) is 9.13. The number of nitrogens with zero attached hydrogens (tertiary/aromatic N) is 3. The first-order valence-electron chi connectivity index (χ1n) is 8.48. The van der Waals surface area contributed by atoms with E-state index in [9.17, 15) is 9.59 Å². The average molecular weight is 355 g/mol. The van der Waals surface area contributed by atoms with Crippen LogP contribution < -0.4 is 0 Å². The zero-order valence-electron chi connectivity index (χ0n) is 14.6. The number of benzene rings is 1. The molecule has 26 heavy (non-hydrogen) atoms. The number of hydrogen-bond acceptors (Lipinski definition) is 5. The Morgan fingerprint density at radius 1 is 1.35 bits per heavy atom. The minimum absolute atomic E-state index is 0.0142. The van der Waals surface area contributed by atoms with Crippen molar-refractivity contribution in [1.82, 2.24) is 14.9 Å². The van der Waals surface area contributed by atoms with E-state index in [1.807, 2.05) is 11.0 Å². The molecule has 1 aromatic heterocycles. The third kappa shape index (κ3) is 4.23. The van der Waals surface area contributed by atoms with Crippen molar-refractivity contribution in [2.75, 3.05) is 26.8 Å². The van der Waals surface area contributed by atoms with E-state index in [4.69, 9.17) is 9.84 Å². The SMILES string of the molecule is COCC(=O)N1CCC(Cc2cncc(-c3cccc(C(=O)O)c3)n2)C1. The molecule has 0 saturated carbocycles. The molecule has 0 radical (unpaired) electrons. The number of amides is 1. The lowest BCUT2D eigenvalue weighted by molar-refractivity contribution is -0.134. The average Bonchev–Trinajstić information content (AvgIpc) is 3.11. The summed E-state index contributed by atoms with van der Waals surface area (Å²) in [6.07, 6.45) is 5.02. The van der Waals surface area contributed by atoms with E-state index in [1.165, 1.54) is 7.11 Å². The smallest absolute Gasteiger partial charge is 0.335 e. The highest BCUT2D eigenvalue weighted by Crippen LogP contribution is 2.22. The number of aromatic nitrogens is 2. The number of aromatic carboxylic acids is 1. The number of carboxylic acids is 1. The van der Waals surface area contributed by atoms with Gasteiger partial charge in [0.25, 0.3) is 0 Å². The summed E-state index contributed by atoms with van der Waals surface area (Å²) >= 11 is 0. The van der Waals surface area contributed by atoms with Crippen LogP contribution in [0, 0.1) is 5.92 Å². The molecule has 1 fully saturated rings. The summed E-state index contributed by atoms with van der Waals surface area (Å²) in [7, 11) is 1.52. The van der Waals surface area contributed by atoms with Crippen molar-refractivity contribution < 1.29 is 19.4 Å². The van der Waals surface area contributed by atoms with Gasteiger partial charge in [0.05, 0.1) is 23.1 Å². The summed E-state index contributed by atoms with van der Waals surface area (Å²) in [5.74, 6) is -0.617. The minimum Gasteiger partial charge on any atom is -0.478 e. The lowest BCUT2D eigenvalue weighted by Gasteiger charge is -2.16. The Morgan fingerprint density at radius 3 is 2.96 bits per heavy atom. The molecular weight excluding hydrogens is 334 g/mol. The van der Waals surface area contributed by atoms with Crippen molar-refractivity contribution >= 4 is 11.9 Å². The summed E-state index contributed by atoms with van der Waals surface area (Å²) in [4.78, 5) is 33.7. The Kier molecular flexibility index (Phi) is 5.58. The second-order valence-corrected chi connectivity index (χ2v) is 6.41. The van der Waals surface area contributed by atoms with Crippen LogP contribution in [-0.4, -0.2) is 58.7 Å². The van der Waals surface area contributed by atoms with Crippen LogP contribution in [0.15, 0.2) is 36.7 Å². The second kappa shape index (κ2) is 8.05. The fraction of sp³-hybridized carbons (Fsp3) is 0.368. The number of ether oxygens (including phenoxy) is 1. The first-order valence-corrected chi connectivity index (χ1v) is 8.48. The molecule has 2 heterocycles. The predicted molar refractivity (Wildman–Crippen MR) is 94.7 cm³/mol. The monoisotopic (exact) mass is 355 g/mol. The van der Waals surface area contributed by atoms with E-state index < -0.39 is 5.97 Å². The Labute approximate surface area is 151 Å². The van der Waals surface area contributed by atoms with E-state index >= 15 is 0 Å². The van der Waals surface area contributed by atoms with Crippen LogP contribution in [0.25, 0.3) is 11.3 Å². The van der Waals surface area contributed by atoms with Crippen LogP contribution in [0.2, 0.25) is 0 Å². The van der Waals surface area contributed by atoms with Crippen molar-refractivity contribution in [2.24, 2.45) is 5.92 Å². The van der Waals surface area contributed by atoms with E-state index in [2.05, 4.69) is 9.97 Å². The molecule has 1 aromatic carbocycles. The fourth-order valence-electron chi connectivity index (χ4n) is 3.19. The summed E-state index contributed by atoms with van der Waals surface area (Å²) < 4.78 is 4.91. The van der Waals surface area contributed by atoms with Crippen molar-refractivity contribution in [1.29, 1.82) is 0 Å². The van der Waals surface area contributed by atoms with Gasteiger partial charge in [-0.3, -0.25) is 9.78 Å². The number of carbonyl (C=O) groups excluding carboxylic acids is 1. The Hall–Kier alpha value is -2.80. The lowest BCUT2D eigenvalue weighted by atomic mass is 10.0. The molecule has 1 atom stereocenters. The molecule has 7 nitrogen and oxygen atoms in total. The normalized spacial score (nSPS) is 16.7. The predicted octanol–water partition coefficient (Wildman–Crippen LogP) is 1.88. The lowest BCUT2D eigenvalue weighted by Crippen LogP contribution is -2.31. The van der Waals surface area contributed by atoms with Crippen LogP contribution in [0.5, 0.6) is 0 Å². The molecule has 1 unspecified atom stereocenters. The molecule has 1 aliphatic rings. The van der Waals surface area contributed by atoms with Gasteiger partial charge in [-0.05, 0) is 30.9 Å². The number of carboxylic acid groups (broad SMARTS) is 1. The zero-order chi connectivity index (χ0) is 18.5. The third-order valence-electron chi connectivity index (χ3n) is 4.49. The fourth-order valence-corrected chi connectivity index (χ4v) is 3.19. The van der Waals surface area contributed by atoms with E-state index in [-0.39, 0.29) is 18.1 Å². The van der Waals surface area contributed by atoms with Gasteiger partial charge in [-0.25, -0.2) is 9.78 Å². The molecule has 2 aromatic rings. The molecule has 0 bridgehead atoms. The highest BCUT2D eigenvalue weighted by atomic mass is 16.5. The van der Waals surface area contributed by atoms with Crippen LogP contribution >= 0.6 is 0 Å². The van der Waals surface area contributed by atoms with Crippen LogP contribution in [0.4, 0.5) is 0 Å². The molecular formula is C19H21N3O4. The van der Waals surface area contributed by atoms with Gasteiger partial charge in [-0.2, -0.15) is 0 Å². The van der Waals surface area contributed by atoms with E-state index in [1.54, 1.807) is 30.6 Å². The third-order valence-corrected chi connectivity index (χ3v) is 4.49. The maximum Gasteiger partial charge on any atom is 0.335 e. The zero-order valence-corrected chi connectivity index (χ0v) is 14.6. The highest BCUT2D eigenvalue weighted by molar-refractivity contribution is 5.89. The van der Waals surface area contributed by atoms with Gasteiger partial charge in [-0.15, -0.1) is 0 Å². The number of likely N-dealkylation sites (tertiary alicyclic amines) is 1. The Bertz CT molecular complexity index is 809. The van der Waals surface area contributed by atoms with E-state index in [0.29, 0.717) is 18.2 Å². The maximum atomic E-state index is 11.9. The van der Waals surface area contributed by atoms with Gasteiger partial charge in [0.1, 0.15) is 6.61 Å². The van der Waals surface area contributed by atoms with Crippen molar-refractivity contribution in [3.63, 3.8) is 0 Å². The topological polar surface area (TPSA) is 92.6 Å². The number of methoxy groups -OCH3 is 1. The van der Waals surface area contributed by atoms with Crippen molar-refractivity contribution in [3.05, 3.63) is 47.9 Å². The van der Waals surface area contributed by atoms with Gasteiger partial charge >= 0.3 is 5.97 Å². The van der Waals surface area contributed by atoms with Gasteiger partial charge in [0, 0.05) is 32.0 Å². The summed E-state index contributed by atoms with van der Waals surface area (Å²) in [6.45, 7) is 1.55. The van der Waals surface area contributed by atoms with Gasteiger partial charge in [-0.1, -0.05) is 12.1 Å². The Morgan fingerprint density at radius 2 is 2.19 bits per heavy atom. The van der Waals surface area contributed by atoms with Gasteiger partial charge in [0.2, 0.25) is 5.91 Å². The van der Waals surface area contributed by atoms with Crippen molar-refractivity contribution in [2.45, 2.75) is 12.8 Å². The number of carbonyl (C=O) groups is 2. The molecule has 0 aliphatic carbocycles. The first-order chi connectivity index (χ1) is 12.6. The quantitative estimate of drug-likeness (QED) is 0.850. The largest absolute Gasteiger partial charge is 0.478 e. The van der Waals surface area contributed by atoms with Gasteiger partial charge < -0.3 is 14.7 Å². The van der Waals surface area contributed by atoms with E-state index in [0.717, 1.165) is 30.6 Å². The second-order valence-electron chi connectivity index (χ2n) is 6.41. The summed E-state index contributed by atoms with van der Waals surface area (Å²) in [5.41, 5.74) is 2.44. The van der Waals surface area contributed by atoms with Gasteiger partial charge in [0.15, 0.2) is 0 Å². The molecule has 0 spiro atoms. The minimum atomic E-state index is -0.970. The molecule has 1 saturated heterocycles. The standard InChI is InChI=1S/C19H21N3O4/c1-26-12-18(23)22-6-5-13(11-22)7-16-9-20-10-17(21-16)14-3-2-4-15(8-14)19(24)25/h2-4,8-10,13H,5-7,11-12H2,1H3,(H,24,25). The van der Waals surface area contributed by atoms with Crippen LogP contribution in [-0.2, 0) is 16.0 Å². The molecule has 3 rings (SSSR count). The van der Waals surface area contributed by atoms with Crippen LogP contribution in [0.3, 0.4) is 0 Å². The summed E-state index contributed by atoms with van der Waals surface area (Å²) in [6, 6.07) is 6.66. The molecule has 136 valence electrons. The van der Waals surface area contributed by atoms with Crippen molar-refractivity contribution in [3.8, 4) is 11.3 Å². The molecule has 1 N–H and O–H groups in total. The highest BCUT2D eigenvalue weighted by Gasteiger charge is 2.26. The Balaban J connectivity index is 1.70. The number of hydrogen-bond donors (Lipinski definition) is 1. The molecule has 1 aliphatic heterocycles. The first kappa shape index (κ1) is 18.0. The van der Waals surface area contributed by atoms with Crippen LogP contribution in [0.1, 0.15) is 22.5 Å². The molecule has 7 heteroatoms. The maximum absolute atomic E-state index is 11.9. The molecule has 1 amide bonds. The number of rotatable bonds is 6.